The monoisotopic (exact) mass is 262 g/mol. The number of hydrogen-bond donors (Lipinski definition) is 2. The van der Waals surface area contributed by atoms with Gasteiger partial charge in [-0.15, -0.1) is 0 Å². The molecule has 1 heterocycles. The van der Waals surface area contributed by atoms with Crippen LogP contribution in [-0.4, -0.2) is 31.3 Å². The number of nitrogens with one attached hydrogen (secondary N) is 1. The Bertz CT molecular complexity index is 441. The van der Waals surface area contributed by atoms with E-state index < -0.39 is 10.0 Å². The largest absolute Gasteiger partial charge is 0.396 e. The Balaban J connectivity index is 2.51. The van der Waals surface area contributed by atoms with Gasteiger partial charge < -0.3 is 9.63 Å². The zero-order chi connectivity index (χ0) is 12.9. The maximum absolute atomic E-state index is 11.7. The Morgan fingerprint density at radius 1 is 1.59 bits per heavy atom. The van der Waals surface area contributed by atoms with Crippen LogP contribution in [0, 0.1) is 6.92 Å². The Hall–Kier alpha value is -0.920. The minimum absolute atomic E-state index is 0.0640. The first-order valence-corrected chi connectivity index (χ1v) is 7.11. The Morgan fingerprint density at radius 3 is 2.82 bits per heavy atom. The molecule has 1 unspecified atom stereocenters. The molecule has 0 bridgehead atoms. The lowest BCUT2D eigenvalue weighted by Gasteiger charge is -2.12. The molecule has 0 aliphatic rings. The van der Waals surface area contributed by atoms with E-state index >= 15 is 0 Å². The summed E-state index contributed by atoms with van der Waals surface area (Å²) in [4.78, 5) is 0. The summed E-state index contributed by atoms with van der Waals surface area (Å²) in [5.74, 6) is 0.400. The molecule has 0 radical (unpaired) electrons. The van der Waals surface area contributed by atoms with Crippen LogP contribution in [0.1, 0.15) is 31.2 Å². The van der Waals surface area contributed by atoms with E-state index in [1.54, 1.807) is 19.9 Å². The van der Waals surface area contributed by atoms with Crippen LogP contribution in [0.3, 0.4) is 0 Å². The number of hydrogen-bond acceptors (Lipinski definition) is 5. The quantitative estimate of drug-likeness (QED) is 0.749. The summed E-state index contributed by atoms with van der Waals surface area (Å²) < 4.78 is 30.8. The van der Waals surface area contributed by atoms with E-state index in [0.29, 0.717) is 24.3 Å². The third kappa shape index (κ3) is 5.29. The minimum atomic E-state index is -3.41. The first kappa shape index (κ1) is 14.1. The van der Waals surface area contributed by atoms with Crippen molar-refractivity contribution in [3.8, 4) is 0 Å². The van der Waals surface area contributed by atoms with E-state index in [2.05, 4.69) is 9.88 Å². The number of aliphatic hydroxyl groups excluding tert-OH is 1. The number of rotatable bonds is 7. The van der Waals surface area contributed by atoms with Crippen LogP contribution in [0.4, 0.5) is 0 Å². The van der Waals surface area contributed by atoms with Gasteiger partial charge in [0.25, 0.3) is 0 Å². The first-order valence-electron chi connectivity index (χ1n) is 5.46. The predicted octanol–water partition coefficient (Wildman–Crippen LogP) is 0.563. The highest BCUT2D eigenvalue weighted by atomic mass is 32.2. The van der Waals surface area contributed by atoms with Crippen LogP contribution in [-0.2, 0) is 15.8 Å². The average Bonchev–Trinajstić information content (AvgIpc) is 2.59. The molecule has 0 saturated heterocycles. The topological polar surface area (TPSA) is 92.4 Å². The lowest BCUT2D eigenvalue weighted by atomic mass is 10.2. The molecular formula is C10H18N2O4S. The standard InChI is InChI=1S/C10H18N2O4S/c1-8(4-3-5-13)12-17(14,15)7-10-6-9(2)16-11-10/h6,8,12-13H,3-5,7H2,1-2H3. The Labute approximate surface area is 101 Å². The van der Waals surface area contributed by atoms with Crippen LogP contribution >= 0.6 is 0 Å². The van der Waals surface area contributed by atoms with Gasteiger partial charge in [0, 0.05) is 18.7 Å². The number of aromatic nitrogens is 1. The van der Waals surface area contributed by atoms with E-state index in [0.717, 1.165) is 0 Å². The smallest absolute Gasteiger partial charge is 0.217 e. The van der Waals surface area contributed by atoms with Crippen LogP contribution in [0.2, 0.25) is 0 Å². The number of sulfonamides is 1. The number of aliphatic hydroxyl groups is 1. The van der Waals surface area contributed by atoms with Crippen molar-refractivity contribution in [2.75, 3.05) is 6.61 Å². The Morgan fingerprint density at radius 2 is 2.29 bits per heavy atom. The van der Waals surface area contributed by atoms with Crippen LogP contribution in [0.5, 0.6) is 0 Å². The van der Waals surface area contributed by atoms with Gasteiger partial charge in [0.1, 0.15) is 17.2 Å². The lowest BCUT2D eigenvalue weighted by Crippen LogP contribution is -2.33. The molecule has 6 nitrogen and oxygen atoms in total. The highest BCUT2D eigenvalue weighted by Gasteiger charge is 2.17. The first-order chi connectivity index (χ1) is 7.93. The van der Waals surface area contributed by atoms with Gasteiger partial charge in [0.2, 0.25) is 10.0 Å². The normalized spacial score (nSPS) is 13.8. The van der Waals surface area contributed by atoms with Crippen LogP contribution < -0.4 is 4.72 Å². The predicted molar refractivity (Wildman–Crippen MR) is 62.8 cm³/mol. The summed E-state index contributed by atoms with van der Waals surface area (Å²) in [7, 11) is -3.41. The summed E-state index contributed by atoms with van der Waals surface area (Å²) in [6.07, 6.45) is 1.18. The molecule has 1 atom stereocenters. The van der Waals surface area contributed by atoms with Crippen molar-refractivity contribution in [1.82, 2.24) is 9.88 Å². The van der Waals surface area contributed by atoms with Crippen LogP contribution in [0.25, 0.3) is 0 Å². The maximum Gasteiger partial charge on any atom is 0.217 e. The molecule has 1 rings (SSSR count). The average molecular weight is 262 g/mol. The van der Waals surface area contributed by atoms with Crippen molar-refractivity contribution >= 4 is 10.0 Å². The highest BCUT2D eigenvalue weighted by Crippen LogP contribution is 2.07. The SMILES string of the molecule is Cc1cc(CS(=O)(=O)NC(C)CCCO)no1. The highest BCUT2D eigenvalue weighted by molar-refractivity contribution is 7.88. The molecule has 17 heavy (non-hydrogen) atoms. The van der Waals surface area contributed by atoms with Gasteiger partial charge in [-0.05, 0) is 26.7 Å². The second-order valence-electron chi connectivity index (χ2n) is 4.07. The fraction of sp³-hybridized carbons (Fsp3) is 0.700. The van der Waals surface area contributed by atoms with Crippen molar-refractivity contribution in [1.29, 1.82) is 0 Å². The molecular weight excluding hydrogens is 244 g/mol. The fourth-order valence-corrected chi connectivity index (χ4v) is 2.82. The molecule has 0 amide bonds. The lowest BCUT2D eigenvalue weighted by molar-refractivity contribution is 0.279. The molecule has 0 aliphatic carbocycles. The third-order valence-electron chi connectivity index (χ3n) is 2.19. The van der Waals surface area contributed by atoms with E-state index in [-0.39, 0.29) is 18.4 Å². The summed E-state index contributed by atoms with van der Waals surface area (Å²) in [6.45, 7) is 3.54. The van der Waals surface area contributed by atoms with Gasteiger partial charge >= 0.3 is 0 Å². The number of nitrogens with zero attached hydrogens (tertiary/aromatic N) is 1. The van der Waals surface area contributed by atoms with E-state index in [9.17, 15) is 8.42 Å². The number of aryl methyl sites for hydroxylation is 1. The minimum Gasteiger partial charge on any atom is -0.396 e. The van der Waals surface area contributed by atoms with Gasteiger partial charge in [0.05, 0.1) is 0 Å². The van der Waals surface area contributed by atoms with Crippen LogP contribution in [0.15, 0.2) is 10.6 Å². The molecule has 0 saturated carbocycles. The summed E-state index contributed by atoms with van der Waals surface area (Å²) in [6, 6.07) is 1.40. The van der Waals surface area contributed by atoms with Crippen molar-refractivity contribution < 1.29 is 18.0 Å². The van der Waals surface area contributed by atoms with Crippen molar-refractivity contribution in [2.24, 2.45) is 0 Å². The second kappa shape index (κ2) is 6.13. The molecule has 0 aliphatic heterocycles. The molecule has 1 aromatic heterocycles. The van der Waals surface area contributed by atoms with Gasteiger partial charge in [-0.3, -0.25) is 0 Å². The summed E-state index contributed by atoms with van der Waals surface area (Å²) in [5.41, 5.74) is 0.393. The third-order valence-corrected chi connectivity index (χ3v) is 3.63. The molecule has 0 fully saturated rings. The van der Waals surface area contributed by atoms with Gasteiger partial charge in [-0.25, -0.2) is 13.1 Å². The van der Waals surface area contributed by atoms with Gasteiger partial charge in [0.15, 0.2) is 0 Å². The molecule has 0 aromatic carbocycles. The zero-order valence-corrected chi connectivity index (χ0v) is 10.8. The molecule has 1 aromatic rings. The summed E-state index contributed by atoms with van der Waals surface area (Å²) >= 11 is 0. The molecule has 2 N–H and O–H groups in total. The van der Waals surface area contributed by atoms with E-state index in [4.69, 9.17) is 9.63 Å². The van der Waals surface area contributed by atoms with Crippen molar-refractivity contribution in [2.45, 2.75) is 38.5 Å². The van der Waals surface area contributed by atoms with E-state index in [1.165, 1.54) is 0 Å². The Kier molecular flexibility index (Phi) is 5.10. The zero-order valence-electron chi connectivity index (χ0n) is 10.0. The van der Waals surface area contributed by atoms with E-state index in [1.807, 2.05) is 0 Å². The second-order valence-corrected chi connectivity index (χ2v) is 5.83. The van der Waals surface area contributed by atoms with Gasteiger partial charge in [-0.1, -0.05) is 5.16 Å². The fourth-order valence-electron chi connectivity index (χ4n) is 1.49. The molecule has 98 valence electrons. The van der Waals surface area contributed by atoms with Crippen molar-refractivity contribution in [3.05, 3.63) is 17.5 Å². The molecule has 0 spiro atoms. The van der Waals surface area contributed by atoms with Gasteiger partial charge in [-0.2, -0.15) is 0 Å². The van der Waals surface area contributed by atoms with Crippen molar-refractivity contribution in [3.63, 3.8) is 0 Å². The maximum atomic E-state index is 11.7. The summed E-state index contributed by atoms with van der Waals surface area (Å²) in [5, 5.41) is 12.3. The molecule has 7 heteroatoms.